The van der Waals surface area contributed by atoms with Crippen molar-refractivity contribution in [3.05, 3.63) is 24.3 Å². The summed E-state index contributed by atoms with van der Waals surface area (Å²) in [6, 6.07) is 7.50. The molecule has 1 rings (SSSR count). The summed E-state index contributed by atoms with van der Waals surface area (Å²) in [6.07, 6.45) is 1.40. The normalized spacial score (nSPS) is 13.3. The highest BCUT2D eigenvalue weighted by Gasteiger charge is 2.16. The molecule has 0 aliphatic rings. The third kappa shape index (κ3) is 6.53. The van der Waals surface area contributed by atoms with E-state index in [0.29, 0.717) is 12.3 Å². The molecule has 0 aromatic heterocycles. The third-order valence-corrected chi connectivity index (χ3v) is 3.63. The number of aliphatic carboxylic acids is 1. The molecule has 116 valence electrons. The van der Waals surface area contributed by atoms with E-state index in [2.05, 4.69) is 5.32 Å². The van der Waals surface area contributed by atoms with Crippen molar-refractivity contribution in [3.8, 4) is 5.75 Å². The molecule has 5 nitrogen and oxygen atoms in total. The van der Waals surface area contributed by atoms with Gasteiger partial charge in [-0.05, 0) is 43.4 Å². The lowest BCUT2D eigenvalue weighted by atomic mass is 10.1. The molecule has 0 fully saturated rings. The molecule has 0 saturated heterocycles. The fraction of sp³-hybridized carbons (Fsp3) is 0.467. The molecule has 21 heavy (non-hydrogen) atoms. The number of carboxylic acid groups (broad SMARTS) is 1. The number of ether oxygens (including phenoxy) is 1. The van der Waals surface area contributed by atoms with Gasteiger partial charge >= 0.3 is 5.97 Å². The topological polar surface area (TPSA) is 75.6 Å². The first-order chi connectivity index (χ1) is 9.92. The molecule has 0 spiro atoms. The molecule has 6 heteroatoms. The van der Waals surface area contributed by atoms with Gasteiger partial charge in [0, 0.05) is 17.9 Å². The maximum atomic E-state index is 11.9. The van der Waals surface area contributed by atoms with Crippen LogP contribution in [0.25, 0.3) is 0 Å². The Hall–Kier alpha value is -1.69. The summed E-state index contributed by atoms with van der Waals surface area (Å²) in [5.74, 6) is -0.593. The summed E-state index contributed by atoms with van der Waals surface area (Å²) < 4.78 is 5.55. The van der Waals surface area contributed by atoms with Crippen LogP contribution in [0.15, 0.2) is 29.2 Å². The highest BCUT2D eigenvalue weighted by atomic mass is 32.2. The fourth-order valence-corrected chi connectivity index (χ4v) is 2.11. The van der Waals surface area contributed by atoms with Gasteiger partial charge in [0.2, 0.25) is 0 Å². The summed E-state index contributed by atoms with van der Waals surface area (Å²) in [5.41, 5.74) is 0. The zero-order valence-electron chi connectivity index (χ0n) is 12.5. The number of carboxylic acids is 1. The van der Waals surface area contributed by atoms with Gasteiger partial charge in [-0.2, -0.15) is 0 Å². The lowest BCUT2D eigenvalue weighted by molar-refractivity contribution is -0.138. The van der Waals surface area contributed by atoms with Crippen LogP contribution in [0.3, 0.4) is 0 Å². The van der Waals surface area contributed by atoms with Gasteiger partial charge in [-0.25, -0.2) is 0 Å². The Kier molecular flexibility index (Phi) is 7.08. The fourth-order valence-electron chi connectivity index (χ4n) is 1.70. The predicted octanol–water partition coefficient (Wildman–Crippen LogP) is 2.40. The smallest absolute Gasteiger partial charge is 0.303 e. The van der Waals surface area contributed by atoms with E-state index in [4.69, 9.17) is 9.84 Å². The zero-order chi connectivity index (χ0) is 15.8. The van der Waals surface area contributed by atoms with E-state index in [1.165, 1.54) is 0 Å². The Morgan fingerprint density at radius 1 is 1.29 bits per heavy atom. The predicted molar refractivity (Wildman–Crippen MR) is 82.7 cm³/mol. The lowest BCUT2D eigenvalue weighted by Crippen LogP contribution is -2.38. The van der Waals surface area contributed by atoms with Gasteiger partial charge < -0.3 is 15.2 Å². The molecular weight excluding hydrogens is 290 g/mol. The summed E-state index contributed by atoms with van der Waals surface area (Å²) in [7, 11) is 0. The largest absolute Gasteiger partial charge is 0.481 e. The van der Waals surface area contributed by atoms with Crippen molar-refractivity contribution in [1.82, 2.24) is 5.32 Å². The van der Waals surface area contributed by atoms with Gasteiger partial charge in [-0.15, -0.1) is 11.8 Å². The number of hydrogen-bond donors (Lipinski definition) is 2. The number of rotatable bonds is 8. The molecule has 0 saturated carbocycles. The third-order valence-electron chi connectivity index (χ3n) is 2.89. The van der Waals surface area contributed by atoms with Crippen LogP contribution in [-0.4, -0.2) is 35.9 Å². The molecule has 1 aromatic rings. The number of thioether (sulfide) groups is 1. The number of carbonyl (C=O) groups is 2. The van der Waals surface area contributed by atoms with Crippen LogP contribution in [0.4, 0.5) is 0 Å². The van der Waals surface area contributed by atoms with E-state index >= 15 is 0 Å². The maximum Gasteiger partial charge on any atom is 0.303 e. The number of benzene rings is 1. The second-order valence-electron chi connectivity index (χ2n) is 4.88. The van der Waals surface area contributed by atoms with E-state index in [-0.39, 0.29) is 18.2 Å². The maximum absolute atomic E-state index is 11.9. The van der Waals surface area contributed by atoms with E-state index in [0.717, 1.165) is 4.90 Å². The summed E-state index contributed by atoms with van der Waals surface area (Å²) >= 11 is 1.64. The summed E-state index contributed by atoms with van der Waals surface area (Å²) in [6.45, 7) is 3.77. The van der Waals surface area contributed by atoms with Crippen molar-refractivity contribution >= 4 is 23.6 Å². The highest BCUT2D eigenvalue weighted by Crippen LogP contribution is 2.19. The van der Waals surface area contributed by atoms with E-state index < -0.39 is 12.1 Å². The van der Waals surface area contributed by atoms with Gasteiger partial charge in [0.15, 0.2) is 6.10 Å². The van der Waals surface area contributed by atoms with Crippen molar-refractivity contribution in [2.75, 3.05) is 12.8 Å². The summed E-state index contributed by atoms with van der Waals surface area (Å²) in [4.78, 5) is 23.5. The first-order valence-corrected chi connectivity index (χ1v) is 7.95. The van der Waals surface area contributed by atoms with E-state index in [1.807, 2.05) is 30.5 Å². The molecule has 0 bridgehead atoms. The Morgan fingerprint density at radius 3 is 2.43 bits per heavy atom. The average molecular weight is 311 g/mol. The van der Waals surface area contributed by atoms with Crippen LogP contribution in [0.1, 0.15) is 20.3 Å². The zero-order valence-corrected chi connectivity index (χ0v) is 13.3. The summed E-state index contributed by atoms with van der Waals surface area (Å²) in [5, 5.41) is 11.4. The van der Waals surface area contributed by atoms with Gasteiger partial charge in [-0.3, -0.25) is 9.59 Å². The standard InChI is InChI=1S/C15H21NO4S/c1-10(8-14(17)18)9-16-15(19)11(2)20-12-4-6-13(21-3)7-5-12/h4-7,10-11H,8-9H2,1-3H3,(H,16,19)(H,17,18). The van der Waals surface area contributed by atoms with Crippen molar-refractivity contribution in [2.24, 2.45) is 5.92 Å². The monoisotopic (exact) mass is 311 g/mol. The Morgan fingerprint density at radius 2 is 1.90 bits per heavy atom. The van der Waals surface area contributed by atoms with Crippen molar-refractivity contribution in [3.63, 3.8) is 0 Å². The average Bonchev–Trinajstić information content (AvgIpc) is 2.44. The van der Waals surface area contributed by atoms with Crippen molar-refractivity contribution < 1.29 is 19.4 Å². The molecule has 0 aliphatic heterocycles. The van der Waals surface area contributed by atoms with E-state index in [1.54, 1.807) is 25.6 Å². The van der Waals surface area contributed by atoms with Crippen LogP contribution >= 0.6 is 11.8 Å². The SMILES string of the molecule is CSc1ccc(OC(C)C(=O)NCC(C)CC(=O)O)cc1. The van der Waals surface area contributed by atoms with Crippen molar-refractivity contribution in [1.29, 1.82) is 0 Å². The van der Waals surface area contributed by atoms with Crippen LogP contribution in [0.5, 0.6) is 5.75 Å². The minimum atomic E-state index is -0.866. The van der Waals surface area contributed by atoms with Gasteiger partial charge in [-0.1, -0.05) is 6.92 Å². The lowest BCUT2D eigenvalue weighted by Gasteiger charge is -2.16. The molecule has 1 aromatic carbocycles. The van der Waals surface area contributed by atoms with Gasteiger partial charge in [0.1, 0.15) is 5.75 Å². The van der Waals surface area contributed by atoms with Crippen LogP contribution in [0.2, 0.25) is 0 Å². The number of hydrogen-bond acceptors (Lipinski definition) is 4. The molecule has 0 aliphatic carbocycles. The number of amides is 1. The first kappa shape index (κ1) is 17.4. The minimum absolute atomic E-state index is 0.0334. The first-order valence-electron chi connectivity index (χ1n) is 6.72. The van der Waals surface area contributed by atoms with Crippen LogP contribution in [-0.2, 0) is 9.59 Å². The molecule has 0 heterocycles. The second-order valence-corrected chi connectivity index (χ2v) is 5.76. The number of nitrogens with one attached hydrogen (secondary N) is 1. The Labute approximate surface area is 129 Å². The van der Waals surface area contributed by atoms with Crippen LogP contribution in [0, 0.1) is 5.92 Å². The second kappa shape index (κ2) is 8.56. The molecular formula is C15H21NO4S. The number of carbonyl (C=O) groups excluding carboxylic acids is 1. The highest BCUT2D eigenvalue weighted by molar-refractivity contribution is 7.98. The Bertz CT molecular complexity index is 475. The van der Waals surface area contributed by atoms with Crippen LogP contribution < -0.4 is 10.1 Å². The Balaban J connectivity index is 2.41. The molecule has 2 N–H and O–H groups in total. The molecule has 2 atom stereocenters. The molecule has 0 radical (unpaired) electrons. The quantitative estimate of drug-likeness (QED) is 0.721. The van der Waals surface area contributed by atoms with Gasteiger partial charge in [0.25, 0.3) is 5.91 Å². The molecule has 1 amide bonds. The van der Waals surface area contributed by atoms with Gasteiger partial charge in [0.05, 0.1) is 0 Å². The minimum Gasteiger partial charge on any atom is -0.481 e. The molecule has 2 unspecified atom stereocenters. The van der Waals surface area contributed by atoms with E-state index in [9.17, 15) is 9.59 Å². The van der Waals surface area contributed by atoms with Crippen molar-refractivity contribution in [2.45, 2.75) is 31.3 Å².